The van der Waals surface area contributed by atoms with E-state index in [1.807, 2.05) is 11.5 Å². The third-order valence-electron chi connectivity index (χ3n) is 4.52. The molecule has 142 valence electrons. The van der Waals surface area contributed by atoms with E-state index in [1.165, 1.54) is 0 Å². The predicted octanol–water partition coefficient (Wildman–Crippen LogP) is 2.95. The molecule has 0 amide bonds. The molecule has 0 atom stereocenters. The zero-order valence-electron chi connectivity index (χ0n) is 13.9. The Bertz CT molecular complexity index is 979. The third-order valence-corrected chi connectivity index (χ3v) is 6.74. The zero-order valence-corrected chi connectivity index (χ0v) is 15.5. The SMILES string of the molecule is CCn1c(C2CCN(S(=O)(=O)c3cc(F)c(F)cc3F)CC2)n[nH]c1=S. The van der Waals surface area contributed by atoms with Crippen molar-refractivity contribution >= 4 is 22.2 Å². The highest BCUT2D eigenvalue weighted by Gasteiger charge is 2.34. The van der Waals surface area contributed by atoms with E-state index in [1.54, 1.807) is 0 Å². The number of hydrogen-bond acceptors (Lipinski definition) is 4. The molecular formula is C15H17F3N4O2S2. The lowest BCUT2D eigenvalue weighted by Gasteiger charge is -2.30. The lowest BCUT2D eigenvalue weighted by atomic mass is 9.97. The molecular weight excluding hydrogens is 389 g/mol. The summed E-state index contributed by atoms with van der Waals surface area (Å²) in [4.78, 5) is -0.855. The smallest absolute Gasteiger partial charge is 0.246 e. The standard InChI is InChI=1S/C15H17F3N4O2S2/c1-2-22-14(19-20-15(22)25)9-3-5-21(6-4-9)26(23,24)13-8-11(17)10(16)7-12(13)18/h7-9H,2-6H2,1H3,(H,20,25). The van der Waals surface area contributed by atoms with Gasteiger partial charge in [0.1, 0.15) is 16.5 Å². The van der Waals surface area contributed by atoms with Gasteiger partial charge in [0.2, 0.25) is 10.0 Å². The van der Waals surface area contributed by atoms with Crippen molar-refractivity contribution in [2.24, 2.45) is 0 Å². The average Bonchev–Trinajstić information content (AvgIpc) is 2.98. The van der Waals surface area contributed by atoms with Gasteiger partial charge in [0, 0.05) is 31.6 Å². The Morgan fingerprint density at radius 2 is 1.81 bits per heavy atom. The van der Waals surface area contributed by atoms with Crippen LogP contribution in [0.1, 0.15) is 31.5 Å². The normalized spacial score (nSPS) is 16.9. The first-order chi connectivity index (χ1) is 12.3. The summed E-state index contributed by atoms with van der Waals surface area (Å²) in [5.74, 6) is -3.38. The molecule has 0 unspecified atom stereocenters. The van der Waals surface area contributed by atoms with Crippen LogP contribution in [0.2, 0.25) is 0 Å². The van der Waals surface area contributed by atoms with Crippen LogP contribution >= 0.6 is 12.2 Å². The van der Waals surface area contributed by atoms with Crippen LogP contribution in [0.25, 0.3) is 0 Å². The van der Waals surface area contributed by atoms with Gasteiger partial charge in [0.25, 0.3) is 0 Å². The maximum Gasteiger partial charge on any atom is 0.246 e. The monoisotopic (exact) mass is 406 g/mol. The van der Waals surface area contributed by atoms with E-state index in [-0.39, 0.29) is 25.1 Å². The number of nitrogens with zero attached hydrogens (tertiary/aromatic N) is 3. The lowest BCUT2D eigenvalue weighted by Crippen LogP contribution is -2.38. The summed E-state index contributed by atoms with van der Waals surface area (Å²) < 4.78 is 68.9. The Kier molecular flexibility index (Phi) is 5.22. The Labute approximate surface area is 153 Å². The van der Waals surface area contributed by atoms with Gasteiger partial charge in [-0.15, -0.1) is 0 Å². The highest BCUT2D eigenvalue weighted by molar-refractivity contribution is 7.89. The van der Waals surface area contributed by atoms with E-state index in [2.05, 4.69) is 10.2 Å². The number of nitrogens with one attached hydrogen (secondary N) is 1. The molecule has 1 N–H and O–H groups in total. The lowest BCUT2D eigenvalue weighted by molar-refractivity contribution is 0.308. The topological polar surface area (TPSA) is 71.0 Å². The second-order valence-electron chi connectivity index (χ2n) is 6.01. The van der Waals surface area contributed by atoms with Crippen molar-refractivity contribution < 1.29 is 21.6 Å². The number of piperidine rings is 1. The van der Waals surface area contributed by atoms with E-state index < -0.39 is 32.4 Å². The molecule has 2 aromatic rings. The maximum absolute atomic E-state index is 13.9. The minimum Gasteiger partial charge on any atom is -0.304 e. The molecule has 1 aliphatic heterocycles. The van der Waals surface area contributed by atoms with Gasteiger partial charge in [-0.05, 0) is 38.0 Å². The van der Waals surface area contributed by atoms with E-state index >= 15 is 0 Å². The number of rotatable bonds is 4. The molecule has 1 aromatic carbocycles. The van der Waals surface area contributed by atoms with Crippen molar-refractivity contribution in [2.45, 2.75) is 37.1 Å². The Morgan fingerprint density at radius 3 is 2.42 bits per heavy atom. The molecule has 0 saturated carbocycles. The number of H-pyrrole nitrogens is 1. The van der Waals surface area contributed by atoms with Crippen LogP contribution < -0.4 is 0 Å². The molecule has 1 fully saturated rings. The summed E-state index contributed by atoms with van der Waals surface area (Å²) >= 11 is 5.16. The fraction of sp³-hybridized carbons (Fsp3) is 0.467. The maximum atomic E-state index is 13.9. The van der Waals surface area contributed by atoms with Crippen LogP contribution in [-0.2, 0) is 16.6 Å². The van der Waals surface area contributed by atoms with Crippen LogP contribution in [0.5, 0.6) is 0 Å². The zero-order chi connectivity index (χ0) is 19.1. The van der Waals surface area contributed by atoms with Crippen LogP contribution in [0.3, 0.4) is 0 Å². The van der Waals surface area contributed by atoms with Crippen molar-refractivity contribution in [3.05, 3.63) is 40.2 Å². The predicted molar refractivity (Wildman–Crippen MR) is 90.1 cm³/mol. The molecule has 6 nitrogen and oxygen atoms in total. The molecule has 0 radical (unpaired) electrons. The molecule has 1 aliphatic rings. The second kappa shape index (κ2) is 7.12. The number of sulfonamides is 1. The van der Waals surface area contributed by atoms with Crippen LogP contribution in [-0.4, -0.2) is 40.6 Å². The van der Waals surface area contributed by atoms with Crippen molar-refractivity contribution in [2.75, 3.05) is 13.1 Å². The first-order valence-corrected chi connectivity index (χ1v) is 9.90. The summed E-state index contributed by atoms with van der Waals surface area (Å²) in [6, 6.07) is 0.627. The minimum absolute atomic E-state index is 0.00384. The van der Waals surface area contributed by atoms with Crippen molar-refractivity contribution in [3.63, 3.8) is 0 Å². The van der Waals surface area contributed by atoms with Gasteiger partial charge < -0.3 is 4.57 Å². The number of aromatic nitrogens is 3. The number of aromatic amines is 1. The molecule has 11 heteroatoms. The van der Waals surface area contributed by atoms with Gasteiger partial charge in [0.15, 0.2) is 16.4 Å². The Balaban J connectivity index is 1.81. The molecule has 2 heterocycles. The Hall–Kier alpha value is -1.72. The van der Waals surface area contributed by atoms with Gasteiger partial charge in [-0.2, -0.15) is 9.40 Å². The van der Waals surface area contributed by atoms with E-state index in [9.17, 15) is 21.6 Å². The van der Waals surface area contributed by atoms with E-state index in [4.69, 9.17) is 12.2 Å². The Morgan fingerprint density at radius 1 is 1.19 bits per heavy atom. The van der Waals surface area contributed by atoms with Gasteiger partial charge >= 0.3 is 0 Å². The minimum atomic E-state index is -4.25. The molecule has 0 aliphatic carbocycles. The first kappa shape index (κ1) is 19.1. The average molecular weight is 406 g/mol. The fourth-order valence-corrected chi connectivity index (χ4v) is 4.94. The molecule has 26 heavy (non-hydrogen) atoms. The number of benzene rings is 1. The van der Waals surface area contributed by atoms with Crippen LogP contribution in [0.15, 0.2) is 17.0 Å². The quantitative estimate of drug-likeness (QED) is 0.626. The molecule has 0 spiro atoms. The van der Waals surface area contributed by atoms with E-state index in [0.717, 1.165) is 10.1 Å². The third kappa shape index (κ3) is 3.30. The summed E-state index contributed by atoms with van der Waals surface area (Å²) in [7, 11) is -4.25. The summed E-state index contributed by atoms with van der Waals surface area (Å²) in [6.07, 6.45) is 0.925. The second-order valence-corrected chi connectivity index (χ2v) is 8.30. The van der Waals surface area contributed by atoms with Gasteiger partial charge in [-0.1, -0.05) is 0 Å². The van der Waals surface area contributed by atoms with Crippen LogP contribution in [0, 0.1) is 22.2 Å². The van der Waals surface area contributed by atoms with Crippen molar-refractivity contribution in [1.82, 2.24) is 19.1 Å². The van der Waals surface area contributed by atoms with Gasteiger partial charge in [-0.3, -0.25) is 5.10 Å². The molecule has 1 saturated heterocycles. The molecule has 0 bridgehead atoms. The fourth-order valence-electron chi connectivity index (χ4n) is 3.14. The largest absolute Gasteiger partial charge is 0.304 e. The van der Waals surface area contributed by atoms with Crippen LogP contribution in [0.4, 0.5) is 13.2 Å². The van der Waals surface area contributed by atoms with Gasteiger partial charge in [0.05, 0.1) is 0 Å². The van der Waals surface area contributed by atoms with Gasteiger partial charge in [-0.25, -0.2) is 21.6 Å². The number of hydrogen-bond donors (Lipinski definition) is 1. The van der Waals surface area contributed by atoms with Crippen molar-refractivity contribution in [1.29, 1.82) is 0 Å². The van der Waals surface area contributed by atoms with Crippen molar-refractivity contribution in [3.8, 4) is 0 Å². The highest BCUT2D eigenvalue weighted by Crippen LogP contribution is 2.31. The first-order valence-electron chi connectivity index (χ1n) is 8.05. The summed E-state index contributed by atoms with van der Waals surface area (Å²) in [6.45, 7) is 2.81. The highest BCUT2D eigenvalue weighted by atomic mass is 32.2. The van der Waals surface area contributed by atoms with E-state index in [0.29, 0.717) is 30.2 Å². The molecule has 3 rings (SSSR count). The summed E-state index contributed by atoms with van der Waals surface area (Å²) in [5, 5.41) is 6.95. The molecule has 1 aromatic heterocycles. The number of halogens is 3. The summed E-state index contributed by atoms with van der Waals surface area (Å²) in [5.41, 5.74) is 0.